The molecule has 0 amide bonds. The summed E-state index contributed by atoms with van der Waals surface area (Å²) in [5.74, 6) is 4.58. The van der Waals surface area contributed by atoms with Gasteiger partial charge in [0.05, 0.1) is 0 Å². The van der Waals surface area contributed by atoms with Crippen LogP contribution in [0.25, 0.3) is 0 Å². The molecule has 6 unspecified atom stereocenters. The van der Waals surface area contributed by atoms with E-state index in [0.29, 0.717) is 0 Å². The number of alkyl halides is 1. The summed E-state index contributed by atoms with van der Waals surface area (Å²) in [6, 6.07) is 0. The molecule has 0 aromatic carbocycles. The van der Waals surface area contributed by atoms with Crippen molar-refractivity contribution in [2.24, 2.45) is 29.6 Å². The third kappa shape index (κ3) is 2.05. The molecule has 0 saturated heterocycles. The Labute approximate surface area is 97.0 Å². The van der Waals surface area contributed by atoms with Gasteiger partial charge in [0.15, 0.2) is 0 Å². The third-order valence-corrected chi connectivity index (χ3v) is 6.75. The molecule has 0 radical (unpaired) electrons. The van der Waals surface area contributed by atoms with Crippen LogP contribution in [-0.4, -0.2) is 3.92 Å². The Bertz CT molecular complexity index is 151. The Kier molecular flexibility index (Phi) is 4.09. The summed E-state index contributed by atoms with van der Waals surface area (Å²) in [4.78, 5) is 0. The highest BCUT2D eigenvalue weighted by atomic mass is 127. The van der Waals surface area contributed by atoms with Crippen molar-refractivity contribution < 1.29 is 0 Å². The molecule has 6 atom stereocenters. The van der Waals surface area contributed by atoms with Gasteiger partial charge < -0.3 is 0 Å². The van der Waals surface area contributed by atoms with Gasteiger partial charge in [0.25, 0.3) is 0 Å². The van der Waals surface area contributed by atoms with Crippen LogP contribution in [0, 0.1) is 29.6 Å². The number of hydrogen-bond donors (Lipinski definition) is 0. The van der Waals surface area contributed by atoms with Gasteiger partial charge in [0, 0.05) is 3.92 Å². The smallest absolute Gasteiger partial charge is 0.0166 e. The van der Waals surface area contributed by atoms with E-state index in [-0.39, 0.29) is 0 Å². The van der Waals surface area contributed by atoms with Crippen molar-refractivity contribution in [2.75, 3.05) is 0 Å². The minimum absolute atomic E-state index is 0.883. The van der Waals surface area contributed by atoms with Gasteiger partial charge in [-0.1, -0.05) is 63.6 Å². The van der Waals surface area contributed by atoms with Crippen molar-refractivity contribution in [3.8, 4) is 0 Å². The van der Waals surface area contributed by atoms with Crippen molar-refractivity contribution in [3.63, 3.8) is 0 Å². The average molecular weight is 294 g/mol. The van der Waals surface area contributed by atoms with E-state index in [4.69, 9.17) is 0 Å². The molecule has 1 aliphatic carbocycles. The highest BCUT2D eigenvalue weighted by Gasteiger charge is 2.40. The van der Waals surface area contributed by atoms with E-state index in [1.165, 1.54) is 6.42 Å². The second-order valence-electron chi connectivity index (χ2n) is 4.95. The maximum Gasteiger partial charge on any atom is 0.0166 e. The van der Waals surface area contributed by atoms with Crippen LogP contribution in [0.2, 0.25) is 0 Å². The molecule has 78 valence electrons. The van der Waals surface area contributed by atoms with Crippen LogP contribution in [0.4, 0.5) is 0 Å². The van der Waals surface area contributed by atoms with Crippen LogP contribution < -0.4 is 0 Å². The summed E-state index contributed by atoms with van der Waals surface area (Å²) in [5, 5.41) is 0. The Morgan fingerprint density at radius 3 is 1.85 bits per heavy atom. The number of hydrogen-bond acceptors (Lipinski definition) is 0. The van der Waals surface area contributed by atoms with E-state index >= 15 is 0 Å². The minimum Gasteiger partial charge on any atom is -0.0820 e. The zero-order chi connectivity index (χ0) is 10.2. The standard InChI is InChI=1S/C12H23I/c1-6-11-8(3)7(2)9(4)12(13)10(11)5/h7-12H,6H2,1-5H3. The second kappa shape index (κ2) is 4.50. The highest BCUT2D eigenvalue weighted by molar-refractivity contribution is 14.1. The SMILES string of the molecule is CCC1C(C)C(C)C(C)C(I)C1C. The molecule has 0 spiro atoms. The molecule has 13 heavy (non-hydrogen) atoms. The zero-order valence-electron chi connectivity index (χ0n) is 9.55. The van der Waals surface area contributed by atoms with Gasteiger partial charge in [-0.3, -0.25) is 0 Å². The Morgan fingerprint density at radius 1 is 0.846 bits per heavy atom. The molecule has 0 aliphatic heterocycles. The minimum atomic E-state index is 0.883. The number of halogens is 1. The van der Waals surface area contributed by atoms with Crippen LogP contribution in [0.5, 0.6) is 0 Å². The molecular weight excluding hydrogens is 271 g/mol. The molecule has 1 rings (SSSR count). The zero-order valence-corrected chi connectivity index (χ0v) is 11.7. The molecule has 1 heteroatoms. The fourth-order valence-corrected chi connectivity index (χ4v) is 4.28. The van der Waals surface area contributed by atoms with Gasteiger partial charge in [-0.05, 0) is 29.6 Å². The van der Waals surface area contributed by atoms with E-state index in [9.17, 15) is 0 Å². The molecule has 1 fully saturated rings. The monoisotopic (exact) mass is 294 g/mol. The lowest BCUT2D eigenvalue weighted by atomic mass is 9.63. The third-order valence-electron chi connectivity index (χ3n) is 4.49. The van der Waals surface area contributed by atoms with E-state index in [1.807, 2.05) is 0 Å². The summed E-state index contributed by atoms with van der Waals surface area (Å²) in [6.07, 6.45) is 1.36. The molecule has 1 aliphatic rings. The Morgan fingerprint density at radius 2 is 1.38 bits per heavy atom. The van der Waals surface area contributed by atoms with E-state index in [2.05, 4.69) is 57.2 Å². The molecule has 0 aromatic rings. The van der Waals surface area contributed by atoms with Crippen LogP contribution in [0.15, 0.2) is 0 Å². The lowest BCUT2D eigenvalue weighted by molar-refractivity contribution is 0.0839. The maximum atomic E-state index is 2.67. The Hall–Kier alpha value is 0.730. The first-order chi connectivity index (χ1) is 6.00. The Balaban J connectivity index is 2.79. The first-order valence-corrected chi connectivity index (χ1v) is 6.89. The summed E-state index contributed by atoms with van der Waals surface area (Å²) in [7, 11) is 0. The predicted octanol–water partition coefficient (Wildman–Crippen LogP) is 4.37. The first-order valence-electron chi connectivity index (χ1n) is 5.64. The lowest BCUT2D eigenvalue weighted by Gasteiger charge is -2.46. The molecule has 0 nitrogen and oxygen atoms in total. The summed E-state index contributed by atoms with van der Waals surface area (Å²) in [6.45, 7) is 12.1. The van der Waals surface area contributed by atoms with E-state index in [0.717, 1.165) is 33.5 Å². The maximum absolute atomic E-state index is 2.67. The number of rotatable bonds is 1. The van der Waals surface area contributed by atoms with Gasteiger partial charge in [0.2, 0.25) is 0 Å². The first kappa shape index (κ1) is 11.8. The van der Waals surface area contributed by atoms with Gasteiger partial charge in [-0.25, -0.2) is 0 Å². The molecule has 1 saturated carbocycles. The van der Waals surface area contributed by atoms with Crippen LogP contribution in [0.3, 0.4) is 0 Å². The molecule has 0 bridgehead atoms. The highest BCUT2D eigenvalue weighted by Crippen LogP contribution is 2.46. The quantitative estimate of drug-likeness (QED) is 0.497. The topological polar surface area (TPSA) is 0 Å². The van der Waals surface area contributed by atoms with Crippen molar-refractivity contribution in [3.05, 3.63) is 0 Å². The molecule has 0 aromatic heterocycles. The molecule has 0 N–H and O–H groups in total. The van der Waals surface area contributed by atoms with Crippen LogP contribution >= 0.6 is 22.6 Å². The van der Waals surface area contributed by atoms with Crippen molar-refractivity contribution in [1.82, 2.24) is 0 Å². The molecule has 0 heterocycles. The summed E-state index contributed by atoms with van der Waals surface area (Å²) < 4.78 is 0.883. The summed E-state index contributed by atoms with van der Waals surface area (Å²) >= 11 is 2.67. The normalized spacial score (nSPS) is 52.2. The largest absolute Gasteiger partial charge is 0.0820 e. The summed E-state index contributed by atoms with van der Waals surface area (Å²) in [5.41, 5.74) is 0. The molecular formula is C12H23I. The van der Waals surface area contributed by atoms with Crippen molar-refractivity contribution in [1.29, 1.82) is 0 Å². The fourth-order valence-electron chi connectivity index (χ4n) is 3.10. The van der Waals surface area contributed by atoms with Gasteiger partial charge in [0.1, 0.15) is 0 Å². The second-order valence-corrected chi connectivity index (χ2v) is 6.39. The van der Waals surface area contributed by atoms with E-state index in [1.54, 1.807) is 0 Å². The van der Waals surface area contributed by atoms with Crippen molar-refractivity contribution in [2.45, 2.75) is 45.0 Å². The fraction of sp³-hybridized carbons (Fsp3) is 1.00. The van der Waals surface area contributed by atoms with Crippen LogP contribution in [0.1, 0.15) is 41.0 Å². The van der Waals surface area contributed by atoms with Gasteiger partial charge in [-0.15, -0.1) is 0 Å². The van der Waals surface area contributed by atoms with Gasteiger partial charge in [-0.2, -0.15) is 0 Å². The van der Waals surface area contributed by atoms with Gasteiger partial charge >= 0.3 is 0 Å². The van der Waals surface area contributed by atoms with Crippen molar-refractivity contribution >= 4 is 22.6 Å². The predicted molar refractivity (Wildman–Crippen MR) is 68.2 cm³/mol. The van der Waals surface area contributed by atoms with E-state index < -0.39 is 0 Å². The van der Waals surface area contributed by atoms with Crippen LogP contribution in [-0.2, 0) is 0 Å². The average Bonchev–Trinajstić information content (AvgIpc) is 2.13. The lowest BCUT2D eigenvalue weighted by Crippen LogP contribution is -2.42.